The van der Waals surface area contributed by atoms with Gasteiger partial charge in [-0.1, -0.05) is 24.1 Å². The van der Waals surface area contributed by atoms with Crippen molar-refractivity contribution >= 4 is 23.1 Å². The smallest absolute Gasteiger partial charge is 0.410 e. The number of H-pyrrole nitrogens is 1. The molecule has 0 spiro atoms. The Bertz CT molecular complexity index is 1030. The third-order valence-electron chi connectivity index (χ3n) is 4.72. The summed E-state index contributed by atoms with van der Waals surface area (Å²) in [6.07, 6.45) is 3.74. The lowest BCUT2D eigenvalue weighted by Gasteiger charge is -2.30. The standard InChI is InChI=1S/C20H20N6O2/c21-18-17-19(23-13-22-17)25-16(24-18)8-4-5-14-9-11-26(12-10-14)20(27)28-15-6-2-1-3-7-15/h1-3,6-7,13-14H,5,9-12H2,(H3,21,22,23,24,25). The summed E-state index contributed by atoms with van der Waals surface area (Å²) in [6, 6.07) is 9.12. The van der Waals surface area contributed by atoms with E-state index in [-0.39, 0.29) is 6.09 Å². The van der Waals surface area contributed by atoms with Gasteiger partial charge in [-0.2, -0.15) is 0 Å². The number of nitrogens with one attached hydrogen (secondary N) is 1. The van der Waals surface area contributed by atoms with E-state index in [4.69, 9.17) is 10.5 Å². The van der Waals surface area contributed by atoms with Crippen molar-refractivity contribution in [2.45, 2.75) is 19.3 Å². The molecule has 1 aliphatic heterocycles. The summed E-state index contributed by atoms with van der Waals surface area (Å²) >= 11 is 0. The summed E-state index contributed by atoms with van der Waals surface area (Å²) in [5.74, 6) is 7.82. The largest absolute Gasteiger partial charge is 0.415 e. The molecule has 3 aromatic rings. The summed E-state index contributed by atoms with van der Waals surface area (Å²) in [5.41, 5.74) is 7.01. The SMILES string of the molecule is Nc1nc(C#CCC2CCN(C(=O)Oc3ccccc3)CC2)nc2[nH]cnc12. The molecule has 0 saturated carbocycles. The Balaban J connectivity index is 1.29. The highest BCUT2D eigenvalue weighted by atomic mass is 16.6. The molecule has 3 heterocycles. The van der Waals surface area contributed by atoms with Crippen LogP contribution < -0.4 is 10.5 Å². The topological polar surface area (TPSA) is 110 Å². The van der Waals surface area contributed by atoms with Gasteiger partial charge in [0, 0.05) is 19.5 Å². The number of carbonyl (C=O) groups excluding carboxylic acids is 1. The first kappa shape index (κ1) is 17.8. The highest BCUT2D eigenvalue weighted by Crippen LogP contribution is 2.21. The van der Waals surface area contributed by atoms with E-state index < -0.39 is 0 Å². The van der Waals surface area contributed by atoms with E-state index in [0.717, 1.165) is 19.3 Å². The molecule has 0 bridgehead atoms. The van der Waals surface area contributed by atoms with Gasteiger partial charge in [-0.05, 0) is 36.8 Å². The molecule has 1 aliphatic rings. The minimum Gasteiger partial charge on any atom is -0.410 e. The second-order valence-corrected chi connectivity index (χ2v) is 6.65. The average Bonchev–Trinajstić information content (AvgIpc) is 3.19. The van der Waals surface area contributed by atoms with Crippen molar-refractivity contribution in [2.24, 2.45) is 5.92 Å². The first-order chi connectivity index (χ1) is 13.7. The molecule has 0 atom stereocenters. The molecule has 8 heteroatoms. The zero-order chi connectivity index (χ0) is 19.3. The molecule has 28 heavy (non-hydrogen) atoms. The Morgan fingerprint density at radius 1 is 1.25 bits per heavy atom. The highest BCUT2D eigenvalue weighted by Gasteiger charge is 2.23. The van der Waals surface area contributed by atoms with E-state index in [9.17, 15) is 4.79 Å². The number of fused-ring (bicyclic) bond motifs is 1. The molecule has 142 valence electrons. The number of ether oxygens (including phenoxy) is 1. The van der Waals surface area contributed by atoms with Crippen molar-refractivity contribution in [3.8, 4) is 17.6 Å². The van der Waals surface area contributed by atoms with Gasteiger partial charge in [0.1, 0.15) is 11.3 Å². The molecule has 1 aromatic carbocycles. The predicted molar refractivity (Wildman–Crippen MR) is 104 cm³/mol. The zero-order valence-electron chi connectivity index (χ0n) is 15.3. The van der Waals surface area contributed by atoms with Crippen LogP contribution in [0.25, 0.3) is 11.2 Å². The highest BCUT2D eigenvalue weighted by molar-refractivity contribution is 5.81. The number of amides is 1. The summed E-state index contributed by atoms with van der Waals surface area (Å²) in [6.45, 7) is 1.34. The predicted octanol–water partition coefficient (Wildman–Crippen LogP) is 2.59. The molecule has 8 nitrogen and oxygen atoms in total. The lowest BCUT2D eigenvalue weighted by molar-refractivity contribution is 0.131. The Labute approximate surface area is 162 Å². The summed E-state index contributed by atoms with van der Waals surface area (Å²) < 4.78 is 5.39. The van der Waals surface area contributed by atoms with E-state index in [1.54, 1.807) is 17.0 Å². The van der Waals surface area contributed by atoms with E-state index >= 15 is 0 Å². The van der Waals surface area contributed by atoms with Crippen LogP contribution in [-0.2, 0) is 0 Å². The van der Waals surface area contributed by atoms with Gasteiger partial charge in [0.05, 0.1) is 6.33 Å². The second kappa shape index (κ2) is 7.96. The maximum absolute atomic E-state index is 12.2. The number of nitrogen functional groups attached to an aromatic ring is 1. The molecule has 0 aliphatic carbocycles. The van der Waals surface area contributed by atoms with Crippen LogP contribution in [-0.4, -0.2) is 44.0 Å². The molecule has 0 unspecified atom stereocenters. The fourth-order valence-corrected chi connectivity index (χ4v) is 3.16. The van der Waals surface area contributed by atoms with Gasteiger partial charge < -0.3 is 20.4 Å². The molecular weight excluding hydrogens is 356 g/mol. The van der Waals surface area contributed by atoms with Crippen LogP contribution in [0.1, 0.15) is 25.1 Å². The van der Waals surface area contributed by atoms with Crippen molar-refractivity contribution in [1.29, 1.82) is 0 Å². The number of piperidine rings is 1. The quantitative estimate of drug-likeness (QED) is 0.665. The van der Waals surface area contributed by atoms with E-state index in [1.165, 1.54) is 6.33 Å². The Morgan fingerprint density at radius 3 is 2.82 bits per heavy atom. The number of hydrogen-bond acceptors (Lipinski definition) is 6. The van der Waals surface area contributed by atoms with Crippen molar-refractivity contribution in [1.82, 2.24) is 24.8 Å². The fourth-order valence-electron chi connectivity index (χ4n) is 3.16. The van der Waals surface area contributed by atoms with Crippen molar-refractivity contribution in [3.63, 3.8) is 0 Å². The van der Waals surface area contributed by atoms with Crippen molar-refractivity contribution in [3.05, 3.63) is 42.5 Å². The monoisotopic (exact) mass is 376 g/mol. The van der Waals surface area contributed by atoms with Crippen LogP contribution in [0.5, 0.6) is 5.75 Å². The maximum Gasteiger partial charge on any atom is 0.415 e. The molecule has 1 amide bonds. The normalized spacial score (nSPS) is 14.5. The maximum atomic E-state index is 12.2. The van der Waals surface area contributed by atoms with Crippen LogP contribution in [0.15, 0.2) is 36.7 Å². The number of aromatic amines is 1. The van der Waals surface area contributed by atoms with Gasteiger partial charge in [-0.3, -0.25) is 0 Å². The number of imidazole rings is 1. The minimum absolute atomic E-state index is 0.299. The number of nitrogens with zero attached hydrogens (tertiary/aromatic N) is 4. The number of hydrogen-bond donors (Lipinski definition) is 2. The van der Waals surface area contributed by atoms with E-state index in [1.807, 2.05) is 18.2 Å². The number of nitrogens with two attached hydrogens (primary N) is 1. The molecule has 0 radical (unpaired) electrons. The molecule has 4 rings (SSSR count). The lowest BCUT2D eigenvalue weighted by atomic mass is 9.94. The average molecular weight is 376 g/mol. The Kier molecular flexibility index (Phi) is 5.06. The number of rotatable bonds is 2. The van der Waals surface area contributed by atoms with Crippen LogP contribution in [0.3, 0.4) is 0 Å². The zero-order valence-corrected chi connectivity index (χ0v) is 15.3. The van der Waals surface area contributed by atoms with Gasteiger partial charge in [0.15, 0.2) is 11.5 Å². The van der Waals surface area contributed by atoms with Gasteiger partial charge in [0.2, 0.25) is 5.82 Å². The molecular formula is C20H20N6O2. The number of para-hydroxylation sites is 1. The summed E-state index contributed by atoms with van der Waals surface area (Å²) in [7, 11) is 0. The Morgan fingerprint density at radius 2 is 2.04 bits per heavy atom. The molecule has 1 fully saturated rings. The lowest BCUT2D eigenvalue weighted by Crippen LogP contribution is -2.40. The van der Waals surface area contributed by atoms with E-state index in [2.05, 4.69) is 31.8 Å². The van der Waals surface area contributed by atoms with Crippen LogP contribution in [0.4, 0.5) is 10.6 Å². The third-order valence-corrected chi connectivity index (χ3v) is 4.72. The van der Waals surface area contributed by atoms with Crippen LogP contribution in [0, 0.1) is 17.8 Å². The molecule has 3 N–H and O–H groups in total. The van der Waals surface area contributed by atoms with Crippen molar-refractivity contribution in [2.75, 3.05) is 18.8 Å². The van der Waals surface area contributed by atoms with Crippen LogP contribution in [0.2, 0.25) is 0 Å². The number of likely N-dealkylation sites (tertiary alicyclic amines) is 1. The van der Waals surface area contributed by atoms with Crippen molar-refractivity contribution < 1.29 is 9.53 Å². The van der Waals surface area contributed by atoms with Gasteiger partial charge in [0.25, 0.3) is 0 Å². The first-order valence-corrected chi connectivity index (χ1v) is 9.16. The first-order valence-electron chi connectivity index (χ1n) is 9.16. The third kappa shape index (κ3) is 4.04. The fraction of sp³-hybridized carbons (Fsp3) is 0.300. The van der Waals surface area contributed by atoms with Gasteiger partial charge in [-0.25, -0.2) is 19.7 Å². The number of carbonyl (C=O) groups is 1. The summed E-state index contributed by atoms with van der Waals surface area (Å²) in [4.78, 5) is 29.4. The minimum atomic E-state index is -0.299. The Hall–Kier alpha value is -3.60. The number of aromatic nitrogens is 4. The second-order valence-electron chi connectivity index (χ2n) is 6.65. The molecule has 2 aromatic heterocycles. The van der Waals surface area contributed by atoms with Crippen LogP contribution >= 0.6 is 0 Å². The molecule has 1 saturated heterocycles. The number of benzene rings is 1. The van der Waals surface area contributed by atoms with Gasteiger partial charge >= 0.3 is 6.09 Å². The van der Waals surface area contributed by atoms with Gasteiger partial charge in [-0.15, -0.1) is 0 Å². The number of anilines is 1. The summed E-state index contributed by atoms with van der Waals surface area (Å²) in [5, 5.41) is 0. The van der Waals surface area contributed by atoms with E-state index in [0.29, 0.717) is 47.6 Å².